The quantitative estimate of drug-likeness (QED) is 0.530. The lowest BCUT2D eigenvalue weighted by atomic mass is 9.87. The van der Waals surface area contributed by atoms with Gasteiger partial charge in [-0.2, -0.15) is 26.3 Å². The molecule has 0 aliphatic carbocycles. The van der Waals surface area contributed by atoms with E-state index in [9.17, 15) is 31.4 Å². The van der Waals surface area contributed by atoms with E-state index in [0.717, 1.165) is 0 Å². The first kappa shape index (κ1) is 21.5. The van der Waals surface area contributed by atoms with Crippen molar-refractivity contribution >= 4 is 23.0 Å². The summed E-state index contributed by atoms with van der Waals surface area (Å²) in [7, 11) is 0. The number of alkyl halides is 6. The Morgan fingerprint density at radius 2 is 1.44 bits per heavy atom. The molecular formula is C15H18F6N2OS. The van der Waals surface area contributed by atoms with Gasteiger partial charge in [0, 0.05) is 5.69 Å². The molecule has 0 fully saturated rings. The second kappa shape index (κ2) is 7.36. The molecule has 0 aromatic heterocycles. The van der Waals surface area contributed by atoms with E-state index >= 15 is 0 Å². The Hall–Kier alpha value is -1.55. The van der Waals surface area contributed by atoms with E-state index in [1.807, 2.05) is 0 Å². The van der Waals surface area contributed by atoms with Crippen molar-refractivity contribution in [3.05, 3.63) is 29.3 Å². The van der Waals surface area contributed by atoms with Crippen LogP contribution in [-0.4, -0.2) is 22.9 Å². The Morgan fingerprint density at radius 1 is 1.00 bits per heavy atom. The van der Waals surface area contributed by atoms with Gasteiger partial charge >= 0.3 is 12.4 Å². The number of aliphatic hydroxyl groups is 1. The summed E-state index contributed by atoms with van der Waals surface area (Å²) in [6, 6.07) is 0.566. The van der Waals surface area contributed by atoms with Crippen LogP contribution in [0.3, 0.4) is 0 Å². The second-order valence-corrected chi connectivity index (χ2v) is 6.90. The Bertz CT molecular complexity index is 590. The summed E-state index contributed by atoms with van der Waals surface area (Å²) in [4.78, 5) is 0. The minimum atomic E-state index is -4.94. The monoisotopic (exact) mass is 388 g/mol. The fourth-order valence-corrected chi connectivity index (χ4v) is 2.15. The predicted molar refractivity (Wildman–Crippen MR) is 86.1 cm³/mol. The Kier molecular flexibility index (Phi) is 6.33. The number of hydrogen-bond donors (Lipinski definition) is 3. The third-order valence-electron chi connectivity index (χ3n) is 3.38. The SMILES string of the molecule is CC(C)(C)[C@@H](CO)NC(=S)Nc1cc(C(F)(F)F)cc(C(F)(F)F)c1. The largest absolute Gasteiger partial charge is 0.416 e. The van der Waals surface area contributed by atoms with Crippen molar-refractivity contribution in [2.75, 3.05) is 11.9 Å². The minimum Gasteiger partial charge on any atom is -0.394 e. The number of nitrogens with one attached hydrogen (secondary N) is 2. The van der Waals surface area contributed by atoms with Gasteiger partial charge < -0.3 is 15.7 Å². The van der Waals surface area contributed by atoms with Crippen LogP contribution < -0.4 is 10.6 Å². The number of anilines is 1. The molecule has 142 valence electrons. The zero-order valence-electron chi connectivity index (χ0n) is 13.6. The van der Waals surface area contributed by atoms with E-state index in [-0.39, 0.29) is 17.8 Å². The fourth-order valence-electron chi connectivity index (χ4n) is 1.89. The first-order valence-corrected chi connectivity index (χ1v) is 7.53. The maximum Gasteiger partial charge on any atom is 0.416 e. The van der Waals surface area contributed by atoms with Crippen LogP contribution in [0.1, 0.15) is 31.9 Å². The van der Waals surface area contributed by atoms with Gasteiger partial charge in [-0.25, -0.2) is 0 Å². The molecule has 0 heterocycles. The topological polar surface area (TPSA) is 44.3 Å². The summed E-state index contributed by atoms with van der Waals surface area (Å²) in [6.07, 6.45) is -9.88. The lowest BCUT2D eigenvalue weighted by molar-refractivity contribution is -0.143. The number of benzene rings is 1. The molecule has 0 radical (unpaired) electrons. The lowest BCUT2D eigenvalue weighted by Crippen LogP contribution is -2.47. The molecule has 0 spiro atoms. The van der Waals surface area contributed by atoms with Crippen LogP contribution in [0.25, 0.3) is 0 Å². The van der Waals surface area contributed by atoms with Crippen LogP contribution >= 0.6 is 12.2 Å². The van der Waals surface area contributed by atoms with Crippen LogP contribution in [0.2, 0.25) is 0 Å². The van der Waals surface area contributed by atoms with E-state index in [1.165, 1.54) is 0 Å². The van der Waals surface area contributed by atoms with Crippen LogP contribution in [0.15, 0.2) is 18.2 Å². The number of aliphatic hydroxyl groups excluding tert-OH is 1. The molecule has 1 rings (SSSR count). The third kappa shape index (κ3) is 6.35. The standard InChI is InChI=1S/C15H18F6N2OS/c1-13(2,3)11(7-24)23-12(25)22-10-5-8(14(16,17)18)4-9(6-10)15(19,20)21/h4-6,11,24H,7H2,1-3H3,(H2,22,23,25)/t11-/m1/s1. The van der Waals surface area contributed by atoms with Gasteiger partial charge in [-0.15, -0.1) is 0 Å². The Labute approximate surface area is 146 Å². The molecule has 0 aliphatic rings. The molecule has 1 aromatic rings. The molecule has 0 saturated carbocycles. The van der Waals surface area contributed by atoms with Crippen molar-refractivity contribution in [3.8, 4) is 0 Å². The first-order chi connectivity index (χ1) is 11.1. The van der Waals surface area contributed by atoms with Gasteiger partial charge in [-0.1, -0.05) is 20.8 Å². The van der Waals surface area contributed by atoms with Crippen LogP contribution in [-0.2, 0) is 12.4 Å². The highest BCUT2D eigenvalue weighted by Crippen LogP contribution is 2.37. The van der Waals surface area contributed by atoms with Gasteiger partial charge in [-0.05, 0) is 35.8 Å². The van der Waals surface area contributed by atoms with Crippen LogP contribution in [0.4, 0.5) is 32.0 Å². The average Bonchev–Trinajstić information content (AvgIpc) is 2.41. The highest BCUT2D eigenvalue weighted by Gasteiger charge is 2.37. The van der Waals surface area contributed by atoms with Crippen LogP contribution in [0.5, 0.6) is 0 Å². The molecule has 1 aromatic carbocycles. The van der Waals surface area contributed by atoms with Gasteiger partial charge in [0.05, 0.1) is 23.8 Å². The molecule has 10 heteroatoms. The predicted octanol–water partition coefficient (Wildman–Crippen LogP) is 4.42. The number of halogens is 6. The Balaban J connectivity index is 3.10. The van der Waals surface area contributed by atoms with Gasteiger partial charge in [0.25, 0.3) is 0 Å². The van der Waals surface area contributed by atoms with Gasteiger partial charge in [0.15, 0.2) is 5.11 Å². The zero-order valence-corrected chi connectivity index (χ0v) is 14.5. The van der Waals surface area contributed by atoms with Crippen molar-refractivity contribution in [3.63, 3.8) is 0 Å². The summed E-state index contributed by atoms with van der Waals surface area (Å²) in [6.45, 7) is 5.04. The average molecular weight is 388 g/mol. The molecule has 0 unspecified atom stereocenters. The van der Waals surface area contributed by atoms with E-state index in [4.69, 9.17) is 12.2 Å². The van der Waals surface area contributed by atoms with E-state index in [2.05, 4.69) is 10.6 Å². The molecule has 1 atom stereocenters. The summed E-state index contributed by atoms with van der Waals surface area (Å²) in [5.41, 5.74) is -3.78. The maximum absolute atomic E-state index is 12.8. The van der Waals surface area contributed by atoms with Crippen molar-refractivity contribution in [2.45, 2.75) is 39.2 Å². The summed E-state index contributed by atoms with van der Waals surface area (Å²) < 4.78 is 76.9. The highest BCUT2D eigenvalue weighted by molar-refractivity contribution is 7.80. The highest BCUT2D eigenvalue weighted by atomic mass is 32.1. The molecular weight excluding hydrogens is 370 g/mol. The number of thiocarbonyl (C=S) groups is 1. The van der Waals surface area contributed by atoms with Gasteiger partial charge in [0.2, 0.25) is 0 Å². The zero-order chi connectivity index (χ0) is 19.6. The number of rotatable bonds is 3. The van der Waals surface area contributed by atoms with E-state index in [1.54, 1.807) is 20.8 Å². The summed E-state index contributed by atoms with van der Waals surface area (Å²) in [5, 5.41) is 14.1. The summed E-state index contributed by atoms with van der Waals surface area (Å²) >= 11 is 4.93. The fraction of sp³-hybridized carbons (Fsp3) is 0.533. The molecule has 3 N–H and O–H groups in total. The molecule has 0 bridgehead atoms. The lowest BCUT2D eigenvalue weighted by Gasteiger charge is -2.31. The van der Waals surface area contributed by atoms with Crippen molar-refractivity contribution in [2.24, 2.45) is 5.41 Å². The van der Waals surface area contributed by atoms with Gasteiger partial charge in [-0.3, -0.25) is 0 Å². The second-order valence-electron chi connectivity index (χ2n) is 6.49. The number of hydrogen-bond acceptors (Lipinski definition) is 2. The van der Waals surface area contributed by atoms with Crippen molar-refractivity contribution < 1.29 is 31.4 Å². The normalized spacial score (nSPS) is 14.2. The van der Waals surface area contributed by atoms with Crippen molar-refractivity contribution in [1.29, 1.82) is 0 Å². The maximum atomic E-state index is 12.8. The molecule has 3 nitrogen and oxygen atoms in total. The summed E-state index contributed by atoms with van der Waals surface area (Å²) in [5.74, 6) is 0. The Morgan fingerprint density at radius 3 is 1.76 bits per heavy atom. The van der Waals surface area contributed by atoms with E-state index in [0.29, 0.717) is 12.1 Å². The first-order valence-electron chi connectivity index (χ1n) is 7.12. The smallest absolute Gasteiger partial charge is 0.394 e. The van der Waals surface area contributed by atoms with Crippen LogP contribution in [0, 0.1) is 5.41 Å². The molecule has 0 saturated heterocycles. The van der Waals surface area contributed by atoms with Crippen molar-refractivity contribution in [1.82, 2.24) is 5.32 Å². The third-order valence-corrected chi connectivity index (χ3v) is 3.60. The van der Waals surface area contributed by atoms with E-state index < -0.39 is 40.6 Å². The molecule has 0 aliphatic heterocycles. The van der Waals surface area contributed by atoms with Gasteiger partial charge in [0.1, 0.15) is 0 Å². The minimum absolute atomic E-state index is 0.0351. The molecule has 0 amide bonds. The molecule has 25 heavy (non-hydrogen) atoms.